The van der Waals surface area contributed by atoms with Crippen molar-refractivity contribution in [2.45, 2.75) is 0 Å². The predicted octanol–water partition coefficient (Wildman–Crippen LogP) is -0.720. The summed E-state index contributed by atoms with van der Waals surface area (Å²) in [4.78, 5) is 10.3. The minimum atomic E-state index is -0.0833. The molecular formula is C3HN3O. The van der Waals surface area contributed by atoms with Crippen molar-refractivity contribution in [3.8, 4) is 0 Å². The molecule has 2 bridgehead atoms. The van der Waals surface area contributed by atoms with Crippen LogP contribution in [0.5, 0.6) is 0 Å². The zero-order valence-corrected chi connectivity index (χ0v) is 3.33. The normalized spacial score (nSPS) is 14.0. The summed E-state index contributed by atoms with van der Waals surface area (Å²) in [6, 6.07) is 0. The largest absolute Gasteiger partial charge is 0.301 e. The molecule has 1 aromatic heterocycles. The number of hydrogen-bond donors (Lipinski definition) is 0. The Labute approximate surface area is 38.7 Å². The van der Waals surface area contributed by atoms with Gasteiger partial charge >= 0.3 is 5.91 Å². The Bertz CT molecular complexity index is 198. The second-order valence-corrected chi connectivity index (χ2v) is 1.35. The fraction of sp³-hybridized carbons (Fsp3) is 0. The summed E-state index contributed by atoms with van der Waals surface area (Å²) < 4.78 is 1.20. The second kappa shape index (κ2) is 0.598. The van der Waals surface area contributed by atoms with Crippen molar-refractivity contribution in [1.82, 2.24) is 15.0 Å². The number of hydrogen-bond acceptors (Lipinski definition) is 3. The predicted molar refractivity (Wildman–Crippen MR) is 19.8 cm³/mol. The minimum absolute atomic E-state index is 0.0833. The molecule has 7 heavy (non-hydrogen) atoms. The number of carbonyl (C=O) groups is 1. The Hall–Kier alpha value is -1.19. The monoisotopic (exact) mass is 95.0 g/mol. The van der Waals surface area contributed by atoms with E-state index in [-0.39, 0.29) is 5.91 Å². The van der Waals surface area contributed by atoms with Crippen LogP contribution in [-0.2, 0) is 0 Å². The topological polar surface area (TPSA) is 47.8 Å². The average molecular weight is 95.1 g/mol. The summed E-state index contributed by atoms with van der Waals surface area (Å²) in [7, 11) is 0. The maximum Gasteiger partial charge on any atom is 0.301 e. The van der Waals surface area contributed by atoms with Gasteiger partial charge in [-0.15, -0.1) is 5.10 Å². The van der Waals surface area contributed by atoms with Crippen LogP contribution >= 0.6 is 0 Å². The number of aromatic nitrogens is 3. The van der Waals surface area contributed by atoms with Crippen LogP contribution in [0.1, 0.15) is 10.5 Å². The van der Waals surface area contributed by atoms with Gasteiger partial charge < -0.3 is 0 Å². The van der Waals surface area contributed by atoms with E-state index in [0.717, 1.165) is 0 Å². The first-order chi connectivity index (χ1) is 3.38. The van der Waals surface area contributed by atoms with Gasteiger partial charge in [-0.2, -0.15) is 4.68 Å². The molecule has 0 amide bonds. The van der Waals surface area contributed by atoms with Gasteiger partial charge in [0.05, 0.1) is 6.20 Å². The highest BCUT2D eigenvalue weighted by Crippen LogP contribution is 2.04. The molecule has 0 N–H and O–H groups in total. The molecule has 0 atom stereocenters. The molecule has 2 aliphatic rings. The lowest BCUT2D eigenvalue weighted by atomic mass is 10.4. The quantitative estimate of drug-likeness (QED) is 0.433. The molecule has 0 fully saturated rings. The first kappa shape index (κ1) is 2.90. The molecule has 3 heterocycles. The van der Waals surface area contributed by atoms with Gasteiger partial charge in [-0.05, 0) is 0 Å². The molecule has 4 nitrogen and oxygen atoms in total. The summed E-state index contributed by atoms with van der Waals surface area (Å²) in [5.41, 5.74) is 0.472. The maximum atomic E-state index is 10.3. The lowest BCUT2D eigenvalue weighted by Crippen LogP contribution is -2.16. The van der Waals surface area contributed by atoms with E-state index < -0.39 is 0 Å². The molecule has 1 aromatic rings. The highest BCUT2D eigenvalue weighted by molar-refractivity contribution is 5.98. The van der Waals surface area contributed by atoms with Gasteiger partial charge in [0.2, 0.25) is 0 Å². The third-order valence-corrected chi connectivity index (χ3v) is 0.921. The second-order valence-electron chi connectivity index (χ2n) is 1.35. The molecular weight excluding hydrogens is 94.1 g/mol. The van der Waals surface area contributed by atoms with Crippen LogP contribution in [-0.4, -0.2) is 20.9 Å². The first-order valence-corrected chi connectivity index (χ1v) is 1.85. The van der Waals surface area contributed by atoms with Crippen LogP contribution in [0.15, 0.2) is 6.20 Å². The SMILES string of the molecule is O=C1c2cn1nn2. The molecule has 2 aliphatic heterocycles. The lowest BCUT2D eigenvalue weighted by Gasteiger charge is -1.95. The average Bonchev–Trinajstić information content (AvgIpc) is 2.18. The summed E-state index contributed by atoms with van der Waals surface area (Å²) in [6.07, 6.45) is 1.59. The Kier molecular flexibility index (Phi) is 0.247. The van der Waals surface area contributed by atoms with E-state index in [0.29, 0.717) is 5.69 Å². The molecule has 0 radical (unpaired) electrons. The number of nitrogens with zero attached hydrogens (tertiary/aromatic N) is 3. The maximum absolute atomic E-state index is 10.3. The van der Waals surface area contributed by atoms with E-state index in [4.69, 9.17) is 0 Å². The Balaban J connectivity index is 2.91. The molecule has 0 saturated carbocycles. The Morgan fingerprint density at radius 2 is 2.57 bits per heavy atom. The summed E-state index contributed by atoms with van der Waals surface area (Å²) in [6.45, 7) is 0. The zero-order chi connectivity index (χ0) is 4.85. The highest BCUT2D eigenvalue weighted by atomic mass is 16.2. The molecule has 3 rings (SSSR count). The van der Waals surface area contributed by atoms with Gasteiger partial charge in [-0.25, -0.2) is 0 Å². The number of carbonyl (C=O) groups excluding carboxylic acids is 1. The summed E-state index contributed by atoms with van der Waals surface area (Å²) in [5, 5.41) is 6.86. The van der Waals surface area contributed by atoms with Crippen molar-refractivity contribution in [3.05, 3.63) is 11.9 Å². The molecule has 0 aliphatic carbocycles. The fourth-order valence-electron chi connectivity index (χ4n) is 0.512. The van der Waals surface area contributed by atoms with E-state index in [1.165, 1.54) is 4.68 Å². The fourth-order valence-corrected chi connectivity index (χ4v) is 0.512. The van der Waals surface area contributed by atoms with Gasteiger partial charge in [0.1, 0.15) is 0 Å². The smallest absolute Gasteiger partial charge is 0.265 e. The van der Waals surface area contributed by atoms with Crippen LogP contribution in [0.25, 0.3) is 0 Å². The number of rotatable bonds is 0. The van der Waals surface area contributed by atoms with Crippen molar-refractivity contribution in [2.24, 2.45) is 0 Å². The van der Waals surface area contributed by atoms with E-state index in [1.807, 2.05) is 0 Å². The van der Waals surface area contributed by atoms with E-state index >= 15 is 0 Å². The van der Waals surface area contributed by atoms with Crippen LogP contribution in [0.3, 0.4) is 0 Å². The molecule has 34 valence electrons. The standard InChI is InChI=1S/C3HN3O/c7-3-2-1-6(3)5-4-2/h1H. The van der Waals surface area contributed by atoms with Crippen molar-refractivity contribution < 1.29 is 4.79 Å². The molecule has 0 saturated heterocycles. The summed E-state index contributed by atoms with van der Waals surface area (Å²) >= 11 is 0. The van der Waals surface area contributed by atoms with Gasteiger partial charge in [-0.1, -0.05) is 5.21 Å². The molecule has 4 heteroatoms. The summed E-state index contributed by atoms with van der Waals surface area (Å²) in [5.74, 6) is -0.0833. The van der Waals surface area contributed by atoms with E-state index in [9.17, 15) is 4.79 Å². The van der Waals surface area contributed by atoms with Crippen molar-refractivity contribution in [2.75, 3.05) is 0 Å². The van der Waals surface area contributed by atoms with Crippen LogP contribution < -0.4 is 0 Å². The molecule has 0 aromatic carbocycles. The number of fused-ring (bicyclic) bond motifs is 1. The van der Waals surface area contributed by atoms with E-state index in [2.05, 4.69) is 10.3 Å². The Morgan fingerprint density at radius 3 is 2.71 bits per heavy atom. The zero-order valence-electron chi connectivity index (χ0n) is 3.33. The van der Waals surface area contributed by atoms with Crippen LogP contribution in [0, 0.1) is 0 Å². The third kappa shape index (κ3) is 0.152. The minimum Gasteiger partial charge on any atom is -0.265 e. The van der Waals surface area contributed by atoms with Gasteiger partial charge in [-0.3, -0.25) is 4.79 Å². The van der Waals surface area contributed by atoms with Crippen molar-refractivity contribution in [3.63, 3.8) is 0 Å². The molecule has 0 spiro atoms. The van der Waals surface area contributed by atoms with Gasteiger partial charge in [0.25, 0.3) is 0 Å². The highest BCUT2D eigenvalue weighted by Gasteiger charge is 2.23. The third-order valence-electron chi connectivity index (χ3n) is 0.921. The van der Waals surface area contributed by atoms with Crippen LogP contribution in [0.4, 0.5) is 0 Å². The van der Waals surface area contributed by atoms with Crippen molar-refractivity contribution >= 4 is 5.91 Å². The van der Waals surface area contributed by atoms with Crippen molar-refractivity contribution in [1.29, 1.82) is 0 Å². The van der Waals surface area contributed by atoms with Gasteiger partial charge in [0.15, 0.2) is 5.69 Å². The van der Waals surface area contributed by atoms with Crippen LogP contribution in [0.2, 0.25) is 0 Å². The van der Waals surface area contributed by atoms with Gasteiger partial charge in [0, 0.05) is 0 Å². The van der Waals surface area contributed by atoms with E-state index in [1.54, 1.807) is 6.20 Å². The molecule has 0 unspecified atom stereocenters. The first-order valence-electron chi connectivity index (χ1n) is 1.85. The lowest BCUT2D eigenvalue weighted by molar-refractivity contribution is 0.0929. The Morgan fingerprint density at radius 1 is 1.71 bits per heavy atom.